The maximum atomic E-state index is 11.2. The molecule has 15 heavy (non-hydrogen) atoms. The van der Waals surface area contributed by atoms with Crippen LogP contribution in [0.3, 0.4) is 0 Å². The number of carbonyl (C=O) groups is 2. The van der Waals surface area contributed by atoms with Gasteiger partial charge in [-0.25, -0.2) is 4.79 Å². The first-order valence-electron chi connectivity index (χ1n) is 5.02. The van der Waals surface area contributed by atoms with Gasteiger partial charge in [0.2, 0.25) is 5.91 Å². The molecule has 0 spiro atoms. The summed E-state index contributed by atoms with van der Waals surface area (Å²) in [7, 11) is 0. The predicted octanol–water partition coefficient (Wildman–Crippen LogP) is 1.27. The van der Waals surface area contributed by atoms with E-state index in [0.29, 0.717) is 24.5 Å². The van der Waals surface area contributed by atoms with Crippen LogP contribution in [-0.4, -0.2) is 25.0 Å². The average Bonchev–Trinajstić information content (AvgIpc) is 2.10. The van der Waals surface area contributed by atoms with Crippen molar-refractivity contribution >= 4 is 11.9 Å². The molecule has 0 aromatic rings. The number of esters is 1. The third-order valence-corrected chi connectivity index (χ3v) is 1.60. The van der Waals surface area contributed by atoms with E-state index >= 15 is 0 Å². The molecular weight excluding hydrogens is 194 g/mol. The van der Waals surface area contributed by atoms with Gasteiger partial charge in [0.05, 0.1) is 6.54 Å². The smallest absolute Gasteiger partial charge is 0.333 e. The van der Waals surface area contributed by atoms with Crippen molar-refractivity contribution in [1.82, 2.24) is 5.32 Å². The van der Waals surface area contributed by atoms with E-state index in [0.717, 1.165) is 0 Å². The lowest BCUT2D eigenvalue weighted by molar-refractivity contribution is -0.139. The number of amides is 1. The first-order valence-corrected chi connectivity index (χ1v) is 5.02. The summed E-state index contributed by atoms with van der Waals surface area (Å²) in [4.78, 5) is 22.1. The third-order valence-electron chi connectivity index (χ3n) is 1.60. The standard InChI is InChI=1S/C11H19NO3/c1-8(2)7-10(13)12-5-6-15-11(14)9(3)4/h8H,3,5-7H2,1-2,4H3,(H,12,13). The summed E-state index contributed by atoms with van der Waals surface area (Å²) in [6, 6.07) is 0. The fraction of sp³-hybridized carbons (Fsp3) is 0.636. The normalized spacial score (nSPS) is 9.87. The Bertz CT molecular complexity index is 246. The molecule has 0 aliphatic rings. The second-order valence-electron chi connectivity index (χ2n) is 3.86. The van der Waals surface area contributed by atoms with Gasteiger partial charge in [0, 0.05) is 12.0 Å². The summed E-state index contributed by atoms with van der Waals surface area (Å²) < 4.78 is 4.81. The highest BCUT2D eigenvalue weighted by Crippen LogP contribution is 1.97. The Morgan fingerprint density at radius 2 is 2.00 bits per heavy atom. The molecule has 4 nitrogen and oxygen atoms in total. The average molecular weight is 213 g/mol. The molecule has 0 aromatic heterocycles. The molecule has 4 heteroatoms. The fourth-order valence-electron chi connectivity index (χ4n) is 0.900. The van der Waals surface area contributed by atoms with E-state index in [1.54, 1.807) is 6.92 Å². The second-order valence-corrected chi connectivity index (χ2v) is 3.86. The molecule has 0 radical (unpaired) electrons. The van der Waals surface area contributed by atoms with Crippen molar-refractivity contribution in [2.75, 3.05) is 13.2 Å². The largest absolute Gasteiger partial charge is 0.460 e. The van der Waals surface area contributed by atoms with Crippen molar-refractivity contribution < 1.29 is 14.3 Å². The first-order chi connectivity index (χ1) is 6.93. The molecule has 1 N–H and O–H groups in total. The maximum Gasteiger partial charge on any atom is 0.333 e. The lowest BCUT2D eigenvalue weighted by Gasteiger charge is -2.07. The van der Waals surface area contributed by atoms with Crippen LogP contribution in [0.1, 0.15) is 27.2 Å². The van der Waals surface area contributed by atoms with Gasteiger partial charge < -0.3 is 10.1 Å². The van der Waals surface area contributed by atoms with E-state index < -0.39 is 5.97 Å². The molecule has 0 fully saturated rings. The van der Waals surface area contributed by atoms with Crippen LogP contribution in [0.5, 0.6) is 0 Å². The molecule has 0 saturated carbocycles. The summed E-state index contributed by atoms with van der Waals surface area (Å²) in [5, 5.41) is 2.66. The van der Waals surface area contributed by atoms with E-state index in [4.69, 9.17) is 4.74 Å². The van der Waals surface area contributed by atoms with Gasteiger partial charge in [-0.1, -0.05) is 20.4 Å². The van der Waals surface area contributed by atoms with E-state index in [1.165, 1.54) is 0 Å². The van der Waals surface area contributed by atoms with Crippen molar-refractivity contribution in [2.45, 2.75) is 27.2 Å². The highest BCUT2D eigenvalue weighted by Gasteiger charge is 2.05. The van der Waals surface area contributed by atoms with E-state index in [-0.39, 0.29) is 12.5 Å². The number of hydrogen-bond acceptors (Lipinski definition) is 3. The topological polar surface area (TPSA) is 55.4 Å². The molecular formula is C11H19NO3. The van der Waals surface area contributed by atoms with Crippen LogP contribution in [0.2, 0.25) is 0 Å². The number of carbonyl (C=O) groups excluding carboxylic acids is 2. The molecule has 0 aromatic carbocycles. The zero-order valence-electron chi connectivity index (χ0n) is 9.63. The zero-order chi connectivity index (χ0) is 11.8. The highest BCUT2D eigenvalue weighted by molar-refractivity contribution is 5.86. The van der Waals surface area contributed by atoms with Crippen LogP contribution in [-0.2, 0) is 14.3 Å². The minimum Gasteiger partial charge on any atom is -0.460 e. The molecule has 0 aliphatic heterocycles. The van der Waals surface area contributed by atoms with Crippen LogP contribution in [0, 0.1) is 5.92 Å². The van der Waals surface area contributed by atoms with Crippen molar-refractivity contribution in [1.29, 1.82) is 0 Å². The van der Waals surface area contributed by atoms with Crippen LogP contribution >= 0.6 is 0 Å². The minimum absolute atomic E-state index is 0.0172. The molecule has 0 atom stereocenters. The fourth-order valence-corrected chi connectivity index (χ4v) is 0.900. The van der Waals surface area contributed by atoms with Gasteiger partial charge in [-0.05, 0) is 12.8 Å². The Labute approximate surface area is 90.7 Å². The Morgan fingerprint density at radius 3 is 2.47 bits per heavy atom. The van der Waals surface area contributed by atoms with E-state index in [2.05, 4.69) is 11.9 Å². The molecule has 0 bridgehead atoms. The highest BCUT2D eigenvalue weighted by atomic mass is 16.5. The molecule has 0 unspecified atom stereocenters. The first kappa shape index (κ1) is 13.7. The summed E-state index contributed by atoms with van der Waals surface area (Å²) in [5.41, 5.74) is 0.364. The minimum atomic E-state index is -0.423. The van der Waals surface area contributed by atoms with Crippen molar-refractivity contribution in [3.05, 3.63) is 12.2 Å². The predicted molar refractivity (Wildman–Crippen MR) is 58.2 cm³/mol. The van der Waals surface area contributed by atoms with Crippen molar-refractivity contribution in [3.8, 4) is 0 Å². The second kappa shape index (κ2) is 7.04. The molecule has 0 saturated heterocycles. The molecule has 0 heterocycles. The van der Waals surface area contributed by atoms with Gasteiger partial charge in [-0.15, -0.1) is 0 Å². The van der Waals surface area contributed by atoms with Gasteiger partial charge in [0.25, 0.3) is 0 Å². The van der Waals surface area contributed by atoms with Gasteiger partial charge in [-0.3, -0.25) is 4.79 Å². The summed E-state index contributed by atoms with van der Waals surface area (Å²) in [6.45, 7) is 9.52. The summed E-state index contributed by atoms with van der Waals surface area (Å²) in [5.74, 6) is -0.104. The molecule has 1 amide bonds. The molecule has 0 aliphatic carbocycles. The van der Waals surface area contributed by atoms with Gasteiger partial charge in [0.1, 0.15) is 6.61 Å². The number of rotatable bonds is 6. The van der Waals surface area contributed by atoms with Crippen LogP contribution in [0.15, 0.2) is 12.2 Å². The number of hydrogen-bond donors (Lipinski definition) is 1. The monoisotopic (exact) mass is 213 g/mol. The maximum absolute atomic E-state index is 11.2. The Balaban J connectivity index is 3.50. The lowest BCUT2D eigenvalue weighted by Crippen LogP contribution is -2.28. The van der Waals surface area contributed by atoms with Crippen LogP contribution < -0.4 is 5.32 Å². The molecule has 86 valence electrons. The third kappa shape index (κ3) is 7.73. The lowest BCUT2D eigenvalue weighted by atomic mass is 10.1. The van der Waals surface area contributed by atoms with Crippen molar-refractivity contribution in [2.24, 2.45) is 5.92 Å². The van der Waals surface area contributed by atoms with Crippen LogP contribution in [0.25, 0.3) is 0 Å². The van der Waals surface area contributed by atoms with Gasteiger partial charge in [-0.2, -0.15) is 0 Å². The van der Waals surface area contributed by atoms with E-state index in [1.807, 2.05) is 13.8 Å². The SMILES string of the molecule is C=C(C)C(=O)OCCNC(=O)CC(C)C. The number of ether oxygens (including phenoxy) is 1. The quantitative estimate of drug-likeness (QED) is 0.410. The van der Waals surface area contributed by atoms with Gasteiger partial charge >= 0.3 is 5.97 Å². The van der Waals surface area contributed by atoms with Crippen molar-refractivity contribution in [3.63, 3.8) is 0 Å². The Hall–Kier alpha value is -1.32. The van der Waals surface area contributed by atoms with E-state index in [9.17, 15) is 9.59 Å². The summed E-state index contributed by atoms with van der Waals surface area (Å²) in [6.07, 6.45) is 0.494. The van der Waals surface area contributed by atoms with Crippen LogP contribution in [0.4, 0.5) is 0 Å². The Morgan fingerprint density at radius 1 is 1.40 bits per heavy atom. The summed E-state index contributed by atoms with van der Waals surface area (Å²) >= 11 is 0. The number of nitrogens with one attached hydrogen (secondary N) is 1. The van der Waals surface area contributed by atoms with Gasteiger partial charge in [0.15, 0.2) is 0 Å². The molecule has 0 rings (SSSR count). The Kier molecular flexibility index (Phi) is 6.42. The zero-order valence-corrected chi connectivity index (χ0v) is 9.63.